The van der Waals surface area contributed by atoms with Gasteiger partial charge in [0, 0.05) is 11.6 Å². The van der Waals surface area contributed by atoms with Crippen LogP contribution in [0.25, 0.3) is 0 Å². The van der Waals surface area contributed by atoms with Gasteiger partial charge in [0.25, 0.3) is 0 Å². The standard InChI is InChI=1S/C14H15Cl2N3O/c1-4-17-13-8(2)14(19-9(3)18-13)20-12-6-5-10(15)7-11(12)16/h5-7H,4H2,1-3H3,(H,17,18,19). The van der Waals surface area contributed by atoms with Crippen LogP contribution in [0.4, 0.5) is 5.82 Å². The summed E-state index contributed by atoms with van der Waals surface area (Å²) in [7, 11) is 0. The number of aryl methyl sites for hydroxylation is 1. The second-order valence-corrected chi connectivity index (χ2v) is 5.10. The Balaban J connectivity index is 2.37. The molecule has 0 unspecified atom stereocenters. The molecule has 0 saturated heterocycles. The van der Waals surface area contributed by atoms with Gasteiger partial charge < -0.3 is 10.1 Å². The van der Waals surface area contributed by atoms with Crippen LogP contribution < -0.4 is 10.1 Å². The van der Waals surface area contributed by atoms with Crippen LogP contribution in [-0.2, 0) is 0 Å². The zero-order chi connectivity index (χ0) is 14.7. The van der Waals surface area contributed by atoms with Crippen molar-refractivity contribution >= 4 is 29.0 Å². The second kappa shape index (κ2) is 6.29. The summed E-state index contributed by atoms with van der Waals surface area (Å²) >= 11 is 12.0. The average molecular weight is 312 g/mol. The lowest BCUT2D eigenvalue weighted by Gasteiger charge is -2.13. The molecule has 106 valence electrons. The first-order chi connectivity index (χ1) is 9.51. The molecule has 0 amide bonds. The van der Waals surface area contributed by atoms with Gasteiger partial charge in [0.15, 0.2) is 0 Å². The first kappa shape index (κ1) is 14.9. The van der Waals surface area contributed by atoms with Gasteiger partial charge in [-0.15, -0.1) is 0 Å². The highest BCUT2D eigenvalue weighted by Gasteiger charge is 2.12. The van der Waals surface area contributed by atoms with Crippen LogP contribution in [0, 0.1) is 13.8 Å². The first-order valence-corrected chi connectivity index (χ1v) is 6.99. The third-order valence-electron chi connectivity index (χ3n) is 2.66. The Morgan fingerprint density at radius 1 is 1.20 bits per heavy atom. The maximum atomic E-state index is 6.10. The molecule has 2 aromatic rings. The average Bonchev–Trinajstić information content (AvgIpc) is 2.38. The predicted molar refractivity (Wildman–Crippen MR) is 82.2 cm³/mol. The highest BCUT2D eigenvalue weighted by molar-refractivity contribution is 6.35. The maximum absolute atomic E-state index is 6.10. The quantitative estimate of drug-likeness (QED) is 0.894. The summed E-state index contributed by atoms with van der Waals surface area (Å²) in [6.45, 7) is 6.50. The van der Waals surface area contributed by atoms with Crippen LogP contribution in [0.1, 0.15) is 18.3 Å². The number of hydrogen-bond donors (Lipinski definition) is 1. The summed E-state index contributed by atoms with van der Waals surface area (Å²) in [6.07, 6.45) is 0. The minimum atomic E-state index is 0.443. The monoisotopic (exact) mass is 311 g/mol. The molecule has 0 bridgehead atoms. The Morgan fingerprint density at radius 3 is 2.60 bits per heavy atom. The third kappa shape index (κ3) is 3.32. The van der Waals surface area contributed by atoms with E-state index in [1.807, 2.05) is 20.8 Å². The fourth-order valence-electron chi connectivity index (χ4n) is 1.70. The van der Waals surface area contributed by atoms with Crippen molar-refractivity contribution in [2.24, 2.45) is 0 Å². The number of anilines is 1. The van der Waals surface area contributed by atoms with E-state index in [0.717, 1.165) is 17.9 Å². The summed E-state index contributed by atoms with van der Waals surface area (Å²) in [6, 6.07) is 5.07. The molecule has 1 heterocycles. The van der Waals surface area contributed by atoms with Gasteiger partial charge in [-0.3, -0.25) is 0 Å². The van der Waals surface area contributed by atoms with E-state index in [4.69, 9.17) is 27.9 Å². The highest BCUT2D eigenvalue weighted by atomic mass is 35.5. The van der Waals surface area contributed by atoms with Crippen molar-refractivity contribution in [2.75, 3.05) is 11.9 Å². The molecule has 2 rings (SSSR count). The third-order valence-corrected chi connectivity index (χ3v) is 3.19. The van der Waals surface area contributed by atoms with Crippen LogP contribution >= 0.6 is 23.2 Å². The van der Waals surface area contributed by atoms with Gasteiger partial charge in [0.05, 0.1) is 10.6 Å². The lowest BCUT2D eigenvalue weighted by molar-refractivity contribution is 0.456. The van der Waals surface area contributed by atoms with Gasteiger partial charge in [0.1, 0.15) is 17.4 Å². The van der Waals surface area contributed by atoms with Gasteiger partial charge in [-0.1, -0.05) is 23.2 Å². The summed E-state index contributed by atoms with van der Waals surface area (Å²) in [5, 5.41) is 4.19. The van der Waals surface area contributed by atoms with Crippen molar-refractivity contribution in [3.05, 3.63) is 39.6 Å². The van der Waals surface area contributed by atoms with Crippen LogP contribution in [0.5, 0.6) is 11.6 Å². The Bertz CT molecular complexity index is 632. The van der Waals surface area contributed by atoms with Crippen LogP contribution in [-0.4, -0.2) is 16.5 Å². The van der Waals surface area contributed by atoms with Crippen molar-refractivity contribution < 1.29 is 4.74 Å². The molecule has 1 aromatic heterocycles. The minimum absolute atomic E-state index is 0.443. The largest absolute Gasteiger partial charge is 0.437 e. The lowest BCUT2D eigenvalue weighted by Crippen LogP contribution is -2.06. The van der Waals surface area contributed by atoms with Crippen LogP contribution in [0.2, 0.25) is 10.0 Å². The SMILES string of the molecule is CCNc1nc(C)nc(Oc2ccc(Cl)cc2Cl)c1C. The van der Waals surface area contributed by atoms with Crippen molar-refractivity contribution in [1.82, 2.24) is 9.97 Å². The number of nitrogens with one attached hydrogen (secondary N) is 1. The Labute approximate surface area is 128 Å². The Morgan fingerprint density at radius 2 is 1.95 bits per heavy atom. The summed E-state index contributed by atoms with van der Waals surface area (Å²) in [5.41, 5.74) is 0.837. The molecule has 0 aliphatic carbocycles. The molecule has 0 saturated carbocycles. The number of hydrogen-bond acceptors (Lipinski definition) is 4. The van der Waals surface area contributed by atoms with Gasteiger partial charge in [-0.05, 0) is 39.0 Å². The second-order valence-electron chi connectivity index (χ2n) is 4.26. The van der Waals surface area contributed by atoms with Gasteiger partial charge in [0.2, 0.25) is 5.88 Å². The fourth-order valence-corrected chi connectivity index (χ4v) is 2.15. The van der Waals surface area contributed by atoms with Gasteiger partial charge in [-0.25, -0.2) is 4.98 Å². The Kier molecular flexibility index (Phi) is 4.68. The summed E-state index contributed by atoms with van der Waals surface area (Å²) in [5.74, 6) is 2.39. The topological polar surface area (TPSA) is 47.0 Å². The van der Waals surface area contributed by atoms with Crippen molar-refractivity contribution in [2.45, 2.75) is 20.8 Å². The molecule has 0 aliphatic rings. The van der Waals surface area contributed by atoms with E-state index < -0.39 is 0 Å². The van der Waals surface area contributed by atoms with E-state index in [2.05, 4.69) is 15.3 Å². The van der Waals surface area contributed by atoms with E-state index in [1.165, 1.54) is 0 Å². The number of rotatable bonds is 4. The predicted octanol–water partition coefficient (Wildman–Crippen LogP) is 4.62. The molecule has 20 heavy (non-hydrogen) atoms. The molecular formula is C14H15Cl2N3O. The number of nitrogens with zero attached hydrogens (tertiary/aromatic N) is 2. The number of halogens is 2. The molecule has 1 aromatic carbocycles. The van der Waals surface area contributed by atoms with Gasteiger partial charge >= 0.3 is 0 Å². The minimum Gasteiger partial charge on any atom is -0.437 e. The maximum Gasteiger partial charge on any atom is 0.227 e. The summed E-state index contributed by atoms with van der Waals surface area (Å²) < 4.78 is 5.78. The van der Waals surface area contributed by atoms with E-state index in [0.29, 0.717) is 27.5 Å². The zero-order valence-electron chi connectivity index (χ0n) is 11.5. The van der Waals surface area contributed by atoms with E-state index >= 15 is 0 Å². The molecule has 0 fully saturated rings. The molecule has 0 radical (unpaired) electrons. The molecule has 6 heteroatoms. The number of aromatic nitrogens is 2. The molecule has 0 spiro atoms. The van der Waals surface area contributed by atoms with Crippen LogP contribution in [0.15, 0.2) is 18.2 Å². The van der Waals surface area contributed by atoms with Gasteiger partial charge in [-0.2, -0.15) is 4.98 Å². The van der Waals surface area contributed by atoms with Crippen LogP contribution in [0.3, 0.4) is 0 Å². The lowest BCUT2D eigenvalue weighted by atomic mass is 10.3. The van der Waals surface area contributed by atoms with E-state index in [9.17, 15) is 0 Å². The van der Waals surface area contributed by atoms with Crippen molar-refractivity contribution in [3.63, 3.8) is 0 Å². The Hall–Kier alpha value is -1.52. The van der Waals surface area contributed by atoms with Crippen molar-refractivity contribution in [3.8, 4) is 11.6 Å². The molecule has 1 N–H and O–H groups in total. The smallest absolute Gasteiger partial charge is 0.227 e. The van der Waals surface area contributed by atoms with E-state index in [1.54, 1.807) is 18.2 Å². The summed E-state index contributed by atoms with van der Waals surface area (Å²) in [4.78, 5) is 8.65. The molecule has 4 nitrogen and oxygen atoms in total. The fraction of sp³-hybridized carbons (Fsp3) is 0.286. The number of ether oxygens (including phenoxy) is 1. The normalized spacial score (nSPS) is 10.4. The first-order valence-electron chi connectivity index (χ1n) is 6.23. The molecular weight excluding hydrogens is 297 g/mol. The highest BCUT2D eigenvalue weighted by Crippen LogP contribution is 2.33. The zero-order valence-corrected chi connectivity index (χ0v) is 13.0. The molecule has 0 aliphatic heterocycles. The molecule has 0 atom stereocenters. The number of benzene rings is 1. The van der Waals surface area contributed by atoms with E-state index in [-0.39, 0.29) is 0 Å². The van der Waals surface area contributed by atoms with Crippen molar-refractivity contribution in [1.29, 1.82) is 0 Å².